The van der Waals surface area contributed by atoms with Crippen LogP contribution in [0.5, 0.6) is 0 Å². The third kappa shape index (κ3) is 4.47. The van der Waals surface area contributed by atoms with Crippen molar-refractivity contribution in [2.24, 2.45) is 0 Å². The standard InChI is InChI=1S/C19H21N7O.ClH/c20-19-23-9-15(10-24-19)13-3-1-4-14(7-13)18(27)22-11-16-8-17-12-21-5-2-6-26(17)25-16;/h1,3-4,7-10,21H,2,5-6,11-12H2,(H,22,27)(H2,20,23,24);1H. The van der Waals surface area contributed by atoms with E-state index in [1.807, 2.05) is 28.9 Å². The van der Waals surface area contributed by atoms with Gasteiger partial charge in [-0.1, -0.05) is 12.1 Å². The van der Waals surface area contributed by atoms with E-state index in [9.17, 15) is 4.79 Å². The molecule has 28 heavy (non-hydrogen) atoms. The molecule has 4 rings (SSSR count). The van der Waals surface area contributed by atoms with Crippen molar-refractivity contribution in [2.75, 3.05) is 12.3 Å². The molecule has 146 valence electrons. The topological polar surface area (TPSA) is 111 Å². The summed E-state index contributed by atoms with van der Waals surface area (Å²) in [6, 6.07) is 9.39. The van der Waals surface area contributed by atoms with Gasteiger partial charge in [-0.2, -0.15) is 5.10 Å². The number of aryl methyl sites for hydroxylation is 1. The fourth-order valence-electron chi connectivity index (χ4n) is 3.11. The van der Waals surface area contributed by atoms with Gasteiger partial charge in [0.1, 0.15) is 0 Å². The Morgan fingerprint density at radius 1 is 1.21 bits per heavy atom. The quantitative estimate of drug-likeness (QED) is 0.616. The van der Waals surface area contributed by atoms with E-state index >= 15 is 0 Å². The van der Waals surface area contributed by atoms with Crippen LogP contribution in [-0.2, 0) is 19.6 Å². The molecule has 4 N–H and O–H groups in total. The Kier molecular flexibility index (Phi) is 6.23. The average molecular weight is 400 g/mol. The van der Waals surface area contributed by atoms with E-state index in [1.165, 1.54) is 0 Å². The van der Waals surface area contributed by atoms with E-state index in [1.54, 1.807) is 18.5 Å². The third-order valence-electron chi connectivity index (χ3n) is 4.50. The summed E-state index contributed by atoms with van der Waals surface area (Å²) in [6.07, 6.45) is 4.35. The molecule has 0 aliphatic carbocycles. The molecule has 0 saturated carbocycles. The van der Waals surface area contributed by atoms with Crippen LogP contribution in [0.1, 0.15) is 28.2 Å². The van der Waals surface area contributed by atoms with Gasteiger partial charge in [0.15, 0.2) is 0 Å². The zero-order chi connectivity index (χ0) is 18.6. The summed E-state index contributed by atoms with van der Waals surface area (Å²) in [5.41, 5.74) is 9.79. The SMILES string of the molecule is Cl.Nc1ncc(-c2cccc(C(=O)NCc3cc4n(n3)CCCNC4)c2)cn1. The number of hydrogen-bond acceptors (Lipinski definition) is 6. The van der Waals surface area contributed by atoms with Gasteiger partial charge in [-0.25, -0.2) is 9.97 Å². The van der Waals surface area contributed by atoms with Gasteiger partial charge in [0.2, 0.25) is 5.95 Å². The molecule has 8 nitrogen and oxygen atoms in total. The summed E-state index contributed by atoms with van der Waals surface area (Å²) in [5.74, 6) is 0.0795. The lowest BCUT2D eigenvalue weighted by Gasteiger charge is -2.06. The first kappa shape index (κ1) is 19.8. The Morgan fingerprint density at radius 2 is 2.04 bits per heavy atom. The number of halogens is 1. The van der Waals surface area contributed by atoms with Crippen LogP contribution in [0.15, 0.2) is 42.7 Å². The number of aromatic nitrogens is 4. The summed E-state index contributed by atoms with van der Waals surface area (Å²) < 4.78 is 2.02. The molecule has 2 aromatic heterocycles. The van der Waals surface area contributed by atoms with Crippen LogP contribution in [0.2, 0.25) is 0 Å². The molecule has 0 spiro atoms. The first-order valence-electron chi connectivity index (χ1n) is 8.91. The van der Waals surface area contributed by atoms with E-state index in [2.05, 4.69) is 25.7 Å². The van der Waals surface area contributed by atoms with E-state index in [-0.39, 0.29) is 24.3 Å². The molecule has 0 saturated heterocycles. The molecule has 3 aromatic rings. The second-order valence-electron chi connectivity index (χ2n) is 6.47. The number of benzene rings is 1. The number of anilines is 1. The van der Waals surface area contributed by atoms with Crippen LogP contribution < -0.4 is 16.4 Å². The van der Waals surface area contributed by atoms with Crippen molar-refractivity contribution in [2.45, 2.75) is 26.1 Å². The maximum absolute atomic E-state index is 12.5. The van der Waals surface area contributed by atoms with Gasteiger partial charge in [-0.05, 0) is 36.7 Å². The van der Waals surface area contributed by atoms with Gasteiger partial charge in [0.25, 0.3) is 5.91 Å². The fourth-order valence-corrected chi connectivity index (χ4v) is 3.11. The van der Waals surface area contributed by atoms with E-state index in [4.69, 9.17) is 5.73 Å². The van der Waals surface area contributed by atoms with Crippen LogP contribution in [0.25, 0.3) is 11.1 Å². The van der Waals surface area contributed by atoms with Crippen LogP contribution in [0.3, 0.4) is 0 Å². The first-order valence-corrected chi connectivity index (χ1v) is 8.91. The second kappa shape index (κ2) is 8.81. The lowest BCUT2D eigenvalue weighted by molar-refractivity contribution is 0.0950. The maximum atomic E-state index is 12.5. The van der Waals surface area contributed by atoms with Gasteiger partial charge < -0.3 is 16.4 Å². The van der Waals surface area contributed by atoms with Crippen molar-refractivity contribution in [1.82, 2.24) is 30.4 Å². The zero-order valence-corrected chi connectivity index (χ0v) is 16.1. The summed E-state index contributed by atoms with van der Waals surface area (Å²) >= 11 is 0. The lowest BCUT2D eigenvalue weighted by atomic mass is 10.1. The van der Waals surface area contributed by atoms with Crippen molar-refractivity contribution < 1.29 is 4.79 Å². The highest BCUT2D eigenvalue weighted by atomic mass is 35.5. The summed E-state index contributed by atoms with van der Waals surface area (Å²) in [5, 5.41) is 10.9. The Balaban J connectivity index is 0.00000225. The highest BCUT2D eigenvalue weighted by molar-refractivity contribution is 5.95. The predicted octanol–water partition coefficient (Wildman–Crippen LogP) is 1.77. The Hall–Kier alpha value is -2.97. The minimum Gasteiger partial charge on any atom is -0.368 e. The number of nitrogens with one attached hydrogen (secondary N) is 2. The Bertz CT molecular complexity index is 932. The summed E-state index contributed by atoms with van der Waals surface area (Å²) in [6.45, 7) is 3.12. The molecule has 3 heterocycles. The molecule has 0 fully saturated rings. The highest BCUT2D eigenvalue weighted by Crippen LogP contribution is 2.19. The van der Waals surface area contributed by atoms with Gasteiger partial charge in [0, 0.05) is 36.6 Å². The van der Waals surface area contributed by atoms with E-state index in [0.717, 1.165) is 48.6 Å². The average Bonchev–Trinajstić information content (AvgIpc) is 2.96. The number of nitrogen functional groups attached to an aromatic ring is 1. The molecular weight excluding hydrogens is 378 g/mol. The Morgan fingerprint density at radius 3 is 2.86 bits per heavy atom. The number of hydrogen-bond donors (Lipinski definition) is 3. The van der Waals surface area contributed by atoms with Gasteiger partial charge >= 0.3 is 0 Å². The van der Waals surface area contributed by atoms with Crippen LogP contribution in [0.4, 0.5) is 5.95 Å². The number of rotatable bonds is 4. The monoisotopic (exact) mass is 399 g/mol. The van der Waals surface area contributed by atoms with Crippen molar-refractivity contribution in [3.8, 4) is 11.1 Å². The number of carbonyl (C=O) groups excluding carboxylic acids is 1. The predicted molar refractivity (Wildman–Crippen MR) is 109 cm³/mol. The largest absolute Gasteiger partial charge is 0.368 e. The van der Waals surface area contributed by atoms with Crippen molar-refractivity contribution >= 4 is 24.3 Å². The zero-order valence-electron chi connectivity index (χ0n) is 15.3. The van der Waals surface area contributed by atoms with Crippen molar-refractivity contribution in [1.29, 1.82) is 0 Å². The van der Waals surface area contributed by atoms with Crippen LogP contribution in [0, 0.1) is 0 Å². The summed E-state index contributed by atoms with van der Waals surface area (Å²) in [4.78, 5) is 20.5. The minimum atomic E-state index is -0.144. The molecule has 0 bridgehead atoms. The van der Waals surface area contributed by atoms with Crippen LogP contribution >= 0.6 is 12.4 Å². The maximum Gasteiger partial charge on any atom is 0.251 e. The molecule has 1 aliphatic heterocycles. The lowest BCUT2D eigenvalue weighted by Crippen LogP contribution is -2.23. The molecule has 9 heteroatoms. The number of amides is 1. The second-order valence-corrected chi connectivity index (χ2v) is 6.47. The molecule has 0 atom stereocenters. The number of nitrogens with two attached hydrogens (primary N) is 1. The fraction of sp³-hybridized carbons (Fsp3) is 0.263. The van der Waals surface area contributed by atoms with Gasteiger partial charge in [0.05, 0.1) is 17.9 Å². The summed E-state index contributed by atoms with van der Waals surface area (Å²) in [7, 11) is 0. The van der Waals surface area contributed by atoms with Gasteiger partial charge in [-0.3, -0.25) is 9.48 Å². The number of fused-ring (bicyclic) bond motifs is 1. The normalized spacial score (nSPS) is 13.1. The Labute approximate surface area is 169 Å². The molecule has 1 aliphatic rings. The van der Waals surface area contributed by atoms with Crippen molar-refractivity contribution in [3.63, 3.8) is 0 Å². The molecule has 1 amide bonds. The first-order chi connectivity index (χ1) is 13.2. The van der Waals surface area contributed by atoms with Crippen LogP contribution in [-0.4, -0.2) is 32.2 Å². The molecule has 0 radical (unpaired) electrons. The molecule has 0 unspecified atom stereocenters. The van der Waals surface area contributed by atoms with Crippen molar-refractivity contribution in [3.05, 3.63) is 59.7 Å². The highest BCUT2D eigenvalue weighted by Gasteiger charge is 2.12. The van der Waals surface area contributed by atoms with E-state index in [0.29, 0.717) is 12.1 Å². The van der Waals surface area contributed by atoms with E-state index < -0.39 is 0 Å². The smallest absolute Gasteiger partial charge is 0.251 e. The third-order valence-corrected chi connectivity index (χ3v) is 4.50. The number of carbonyl (C=O) groups is 1. The molecule has 1 aromatic carbocycles. The van der Waals surface area contributed by atoms with Gasteiger partial charge in [-0.15, -0.1) is 12.4 Å². The minimum absolute atomic E-state index is 0. The number of nitrogens with zero attached hydrogens (tertiary/aromatic N) is 4. The molecular formula is C19H22ClN7O.